The summed E-state index contributed by atoms with van der Waals surface area (Å²) in [5.41, 5.74) is 0. The Bertz CT molecular complexity index is 220. The van der Waals surface area contributed by atoms with Crippen LogP contribution in [0.25, 0.3) is 0 Å². The molecule has 0 aliphatic heterocycles. The van der Waals surface area contributed by atoms with Gasteiger partial charge in [0.15, 0.2) is 0 Å². The van der Waals surface area contributed by atoms with Crippen LogP contribution >= 0.6 is 0 Å². The first-order valence-electron chi connectivity index (χ1n) is 6.44. The SMILES string of the molecule is CCCNC(=O)CCCC(=O)NCCNCC. The summed E-state index contributed by atoms with van der Waals surface area (Å²) in [6, 6.07) is 0. The molecule has 0 spiro atoms. The minimum Gasteiger partial charge on any atom is -0.356 e. The monoisotopic (exact) mass is 243 g/mol. The summed E-state index contributed by atoms with van der Waals surface area (Å²) in [5, 5.41) is 8.71. The van der Waals surface area contributed by atoms with E-state index in [0.29, 0.717) is 32.4 Å². The van der Waals surface area contributed by atoms with E-state index in [4.69, 9.17) is 0 Å². The van der Waals surface area contributed by atoms with Gasteiger partial charge in [-0.05, 0) is 19.4 Å². The normalized spacial score (nSPS) is 10.0. The fourth-order valence-corrected chi connectivity index (χ4v) is 1.32. The molecule has 0 fully saturated rings. The summed E-state index contributed by atoms with van der Waals surface area (Å²) < 4.78 is 0. The molecule has 0 heterocycles. The van der Waals surface area contributed by atoms with Gasteiger partial charge in [-0.2, -0.15) is 0 Å². The van der Waals surface area contributed by atoms with Crippen molar-refractivity contribution in [3.8, 4) is 0 Å². The van der Waals surface area contributed by atoms with E-state index in [1.54, 1.807) is 0 Å². The Morgan fingerprint density at radius 3 is 2.00 bits per heavy atom. The van der Waals surface area contributed by atoms with Crippen molar-refractivity contribution in [3.05, 3.63) is 0 Å². The maximum atomic E-state index is 11.3. The van der Waals surface area contributed by atoms with Crippen LogP contribution in [0.2, 0.25) is 0 Å². The van der Waals surface area contributed by atoms with E-state index in [0.717, 1.165) is 19.5 Å². The zero-order chi connectivity index (χ0) is 12.9. The van der Waals surface area contributed by atoms with Gasteiger partial charge in [0.2, 0.25) is 11.8 Å². The Morgan fingerprint density at radius 1 is 0.882 bits per heavy atom. The lowest BCUT2D eigenvalue weighted by Gasteiger charge is -2.05. The van der Waals surface area contributed by atoms with Gasteiger partial charge in [-0.3, -0.25) is 9.59 Å². The molecule has 0 unspecified atom stereocenters. The maximum Gasteiger partial charge on any atom is 0.220 e. The maximum absolute atomic E-state index is 11.3. The molecule has 3 N–H and O–H groups in total. The van der Waals surface area contributed by atoms with Crippen LogP contribution in [-0.2, 0) is 9.59 Å². The highest BCUT2D eigenvalue weighted by Gasteiger charge is 2.03. The van der Waals surface area contributed by atoms with Crippen molar-refractivity contribution in [3.63, 3.8) is 0 Å². The average Bonchev–Trinajstić information content (AvgIpc) is 2.32. The number of carbonyl (C=O) groups is 2. The first kappa shape index (κ1) is 15.9. The zero-order valence-corrected chi connectivity index (χ0v) is 11.0. The lowest BCUT2D eigenvalue weighted by atomic mass is 10.2. The van der Waals surface area contributed by atoms with Gasteiger partial charge in [0.1, 0.15) is 0 Å². The Labute approximate surface area is 104 Å². The first-order chi connectivity index (χ1) is 8.20. The van der Waals surface area contributed by atoms with Crippen molar-refractivity contribution in [2.24, 2.45) is 0 Å². The van der Waals surface area contributed by atoms with Crippen LogP contribution < -0.4 is 16.0 Å². The summed E-state index contributed by atoms with van der Waals surface area (Å²) in [4.78, 5) is 22.6. The molecule has 5 nitrogen and oxygen atoms in total. The third-order valence-electron chi connectivity index (χ3n) is 2.25. The van der Waals surface area contributed by atoms with E-state index in [1.807, 2.05) is 13.8 Å². The highest BCUT2D eigenvalue weighted by molar-refractivity contribution is 5.78. The number of hydrogen-bond acceptors (Lipinski definition) is 3. The van der Waals surface area contributed by atoms with Crippen LogP contribution in [0.3, 0.4) is 0 Å². The van der Waals surface area contributed by atoms with Gasteiger partial charge in [0.05, 0.1) is 0 Å². The summed E-state index contributed by atoms with van der Waals surface area (Å²) in [6.45, 7) is 7.10. The second-order valence-electron chi connectivity index (χ2n) is 3.91. The third kappa shape index (κ3) is 11.2. The van der Waals surface area contributed by atoms with Crippen LogP contribution in [-0.4, -0.2) is 38.0 Å². The van der Waals surface area contributed by atoms with E-state index in [1.165, 1.54) is 0 Å². The van der Waals surface area contributed by atoms with E-state index in [9.17, 15) is 9.59 Å². The molecule has 0 atom stereocenters. The van der Waals surface area contributed by atoms with Gasteiger partial charge < -0.3 is 16.0 Å². The summed E-state index contributed by atoms with van der Waals surface area (Å²) in [5.74, 6) is 0.0542. The van der Waals surface area contributed by atoms with Crippen molar-refractivity contribution in [1.29, 1.82) is 0 Å². The molecular weight excluding hydrogens is 218 g/mol. The number of likely N-dealkylation sites (N-methyl/N-ethyl adjacent to an activating group) is 1. The molecule has 0 rings (SSSR count). The fourth-order valence-electron chi connectivity index (χ4n) is 1.32. The van der Waals surface area contributed by atoms with E-state index < -0.39 is 0 Å². The standard InChI is InChI=1S/C12H25N3O2/c1-3-8-14-11(16)6-5-7-12(17)15-10-9-13-4-2/h13H,3-10H2,1-2H3,(H,14,16)(H,15,17). The predicted octanol–water partition coefficient (Wildman–Crippen LogP) is 0.409. The summed E-state index contributed by atoms with van der Waals surface area (Å²) in [7, 11) is 0. The summed E-state index contributed by atoms with van der Waals surface area (Å²) >= 11 is 0. The Morgan fingerprint density at radius 2 is 1.47 bits per heavy atom. The first-order valence-corrected chi connectivity index (χ1v) is 6.44. The molecule has 5 heteroatoms. The number of rotatable bonds is 10. The molecule has 0 saturated heterocycles. The lowest BCUT2D eigenvalue weighted by Crippen LogP contribution is -2.31. The molecule has 0 aromatic heterocycles. The van der Waals surface area contributed by atoms with Crippen molar-refractivity contribution in [1.82, 2.24) is 16.0 Å². The van der Waals surface area contributed by atoms with Crippen molar-refractivity contribution in [2.45, 2.75) is 39.5 Å². The second kappa shape index (κ2) is 11.4. The van der Waals surface area contributed by atoms with Gasteiger partial charge in [-0.25, -0.2) is 0 Å². The zero-order valence-electron chi connectivity index (χ0n) is 11.0. The van der Waals surface area contributed by atoms with Crippen LogP contribution in [0.4, 0.5) is 0 Å². The fraction of sp³-hybridized carbons (Fsp3) is 0.833. The van der Waals surface area contributed by atoms with Gasteiger partial charge >= 0.3 is 0 Å². The molecule has 0 aromatic rings. The number of nitrogens with one attached hydrogen (secondary N) is 3. The Hall–Kier alpha value is -1.10. The summed E-state index contributed by atoms with van der Waals surface area (Å²) in [6.07, 6.45) is 2.41. The van der Waals surface area contributed by atoms with Crippen LogP contribution in [0.1, 0.15) is 39.5 Å². The van der Waals surface area contributed by atoms with Crippen LogP contribution in [0.15, 0.2) is 0 Å². The Balaban J connectivity index is 3.35. The minimum atomic E-state index is 0.0196. The number of hydrogen-bond donors (Lipinski definition) is 3. The quantitative estimate of drug-likeness (QED) is 0.487. The van der Waals surface area contributed by atoms with Crippen molar-refractivity contribution >= 4 is 11.8 Å². The number of amides is 2. The number of carbonyl (C=O) groups excluding carboxylic acids is 2. The van der Waals surface area contributed by atoms with Crippen molar-refractivity contribution < 1.29 is 9.59 Å². The topological polar surface area (TPSA) is 70.2 Å². The predicted molar refractivity (Wildman–Crippen MR) is 68.7 cm³/mol. The Kier molecular flexibility index (Phi) is 10.7. The molecule has 0 aliphatic carbocycles. The average molecular weight is 243 g/mol. The molecule has 0 radical (unpaired) electrons. The van der Waals surface area contributed by atoms with Crippen LogP contribution in [0, 0.1) is 0 Å². The smallest absolute Gasteiger partial charge is 0.220 e. The molecule has 0 saturated carbocycles. The molecule has 17 heavy (non-hydrogen) atoms. The van der Waals surface area contributed by atoms with Gasteiger partial charge in [0, 0.05) is 32.5 Å². The lowest BCUT2D eigenvalue weighted by molar-refractivity contribution is -0.122. The molecule has 0 bridgehead atoms. The van der Waals surface area contributed by atoms with Crippen molar-refractivity contribution in [2.75, 3.05) is 26.2 Å². The van der Waals surface area contributed by atoms with E-state index >= 15 is 0 Å². The molecule has 2 amide bonds. The van der Waals surface area contributed by atoms with E-state index in [2.05, 4.69) is 16.0 Å². The van der Waals surface area contributed by atoms with Crippen LogP contribution in [0.5, 0.6) is 0 Å². The molecule has 0 aliphatic rings. The van der Waals surface area contributed by atoms with Gasteiger partial charge in [-0.1, -0.05) is 13.8 Å². The van der Waals surface area contributed by atoms with Gasteiger partial charge in [-0.15, -0.1) is 0 Å². The minimum absolute atomic E-state index is 0.0196. The second-order valence-corrected chi connectivity index (χ2v) is 3.91. The molecule has 100 valence electrons. The largest absolute Gasteiger partial charge is 0.356 e. The highest BCUT2D eigenvalue weighted by Crippen LogP contribution is 1.95. The van der Waals surface area contributed by atoms with Gasteiger partial charge in [0.25, 0.3) is 0 Å². The highest BCUT2D eigenvalue weighted by atomic mass is 16.2. The molecule has 0 aromatic carbocycles. The van der Waals surface area contributed by atoms with E-state index in [-0.39, 0.29) is 11.8 Å². The molecular formula is C12H25N3O2. The third-order valence-corrected chi connectivity index (χ3v) is 2.25.